The quantitative estimate of drug-likeness (QED) is 0.845. The maximum atomic E-state index is 8.97. The Bertz CT molecular complexity index is 379. The molecule has 2 aliphatic rings. The summed E-state index contributed by atoms with van der Waals surface area (Å²) in [4.78, 5) is 11.1. The van der Waals surface area contributed by atoms with Crippen molar-refractivity contribution in [3.8, 4) is 0 Å². The van der Waals surface area contributed by atoms with Crippen LogP contribution in [0.4, 0.5) is 5.82 Å². The van der Waals surface area contributed by atoms with Crippen LogP contribution in [0, 0.1) is 5.92 Å². The molecule has 1 aliphatic heterocycles. The van der Waals surface area contributed by atoms with E-state index >= 15 is 0 Å². The van der Waals surface area contributed by atoms with E-state index in [1.807, 2.05) is 6.20 Å². The summed E-state index contributed by atoms with van der Waals surface area (Å²) in [5.74, 6) is 1.85. The monoisotopic (exact) mass is 233 g/mol. The van der Waals surface area contributed by atoms with E-state index in [9.17, 15) is 0 Å². The molecule has 17 heavy (non-hydrogen) atoms. The van der Waals surface area contributed by atoms with Gasteiger partial charge in [0, 0.05) is 12.6 Å². The van der Waals surface area contributed by atoms with E-state index in [4.69, 9.17) is 5.11 Å². The summed E-state index contributed by atoms with van der Waals surface area (Å²) in [6.45, 7) is 1.08. The van der Waals surface area contributed by atoms with Crippen molar-refractivity contribution in [1.29, 1.82) is 0 Å². The number of fused-ring (bicyclic) bond motifs is 1. The first kappa shape index (κ1) is 11.0. The number of nitrogens with zero attached hydrogens (tertiary/aromatic N) is 3. The van der Waals surface area contributed by atoms with Crippen molar-refractivity contribution in [3.63, 3.8) is 0 Å². The van der Waals surface area contributed by atoms with E-state index in [1.54, 1.807) is 6.20 Å². The number of hydrogen-bond donors (Lipinski definition) is 1. The SMILES string of the molecule is OCc1cnc(N2CCCC3CCCC32)cn1. The van der Waals surface area contributed by atoms with Gasteiger partial charge in [-0.25, -0.2) is 4.98 Å². The number of aliphatic hydroxyl groups excluding tert-OH is 1. The minimum absolute atomic E-state index is 0.0284. The van der Waals surface area contributed by atoms with Gasteiger partial charge in [0.15, 0.2) is 0 Å². The highest BCUT2D eigenvalue weighted by Crippen LogP contribution is 2.38. The molecule has 1 aromatic heterocycles. The molecule has 92 valence electrons. The summed E-state index contributed by atoms with van der Waals surface area (Å²) >= 11 is 0. The van der Waals surface area contributed by atoms with Gasteiger partial charge in [-0.1, -0.05) is 6.42 Å². The molecule has 2 heterocycles. The zero-order valence-electron chi connectivity index (χ0n) is 10.0. The maximum Gasteiger partial charge on any atom is 0.147 e. The van der Waals surface area contributed by atoms with Crippen molar-refractivity contribution in [2.24, 2.45) is 5.92 Å². The molecule has 2 fully saturated rings. The zero-order valence-corrected chi connectivity index (χ0v) is 10.0. The molecule has 0 bridgehead atoms. The van der Waals surface area contributed by atoms with Crippen LogP contribution in [0.15, 0.2) is 12.4 Å². The molecule has 1 N–H and O–H groups in total. The highest BCUT2D eigenvalue weighted by atomic mass is 16.3. The molecular weight excluding hydrogens is 214 g/mol. The zero-order chi connectivity index (χ0) is 11.7. The Morgan fingerprint density at radius 3 is 2.82 bits per heavy atom. The number of aromatic nitrogens is 2. The fraction of sp³-hybridized carbons (Fsp3) is 0.692. The Kier molecular flexibility index (Phi) is 2.97. The first-order valence-corrected chi connectivity index (χ1v) is 6.57. The Morgan fingerprint density at radius 1 is 1.18 bits per heavy atom. The lowest BCUT2D eigenvalue weighted by molar-refractivity contribution is 0.276. The molecule has 1 aromatic rings. The second-order valence-electron chi connectivity index (χ2n) is 5.12. The van der Waals surface area contributed by atoms with Gasteiger partial charge in [0.05, 0.1) is 24.7 Å². The summed E-state index contributed by atoms with van der Waals surface area (Å²) in [5, 5.41) is 8.97. The molecule has 3 rings (SSSR count). The summed E-state index contributed by atoms with van der Waals surface area (Å²) in [6.07, 6.45) is 10.2. The average Bonchev–Trinajstić information content (AvgIpc) is 2.87. The summed E-state index contributed by atoms with van der Waals surface area (Å²) in [7, 11) is 0. The summed E-state index contributed by atoms with van der Waals surface area (Å²) in [5.41, 5.74) is 0.647. The van der Waals surface area contributed by atoms with Gasteiger partial charge in [-0.2, -0.15) is 0 Å². The van der Waals surface area contributed by atoms with Crippen LogP contribution in [-0.2, 0) is 6.61 Å². The van der Waals surface area contributed by atoms with Gasteiger partial charge < -0.3 is 10.0 Å². The second-order valence-corrected chi connectivity index (χ2v) is 5.12. The van der Waals surface area contributed by atoms with Crippen molar-refractivity contribution >= 4 is 5.82 Å². The predicted octanol–water partition coefficient (Wildman–Crippen LogP) is 1.74. The van der Waals surface area contributed by atoms with E-state index in [0.29, 0.717) is 11.7 Å². The minimum atomic E-state index is -0.0284. The first-order valence-electron chi connectivity index (χ1n) is 6.57. The Labute approximate surface area is 102 Å². The van der Waals surface area contributed by atoms with Gasteiger partial charge in [0.2, 0.25) is 0 Å². The molecule has 1 saturated heterocycles. The standard InChI is InChI=1S/C13H19N3O/c17-9-11-7-15-13(8-14-11)16-6-2-4-10-3-1-5-12(10)16/h7-8,10,12,17H,1-6,9H2. The number of anilines is 1. The molecule has 0 radical (unpaired) electrons. The highest BCUT2D eigenvalue weighted by Gasteiger charge is 2.35. The van der Waals surface area contributed by atoms with Crippen molar-refractivity contribution in [1.82, 2.24) is 9.97 Å². The third-order valence-electron chi connectivity index (χ3n) is 4.14. The van der Waals surface area contributed by atoms with E-state index < -0.39 is 0 Å². The van der Waals surface area contributed by atoms with Gasteiger partial charge in [-0.15, -0.1) is 0 Å². The van der Waals surface area contributed by atoms with Gasteiger partial charge in [-0.05, 0) is 31.6 Å². The molecular formula is C13H19N3O. The molecule has 0 aromatic carbocycles. The van der Waals surface area contributed by atoms with Crippen molar-refractivity contribution in [3.05, 3.63) is 18.1 Å². The molecule has 4 heteroatoms. The van der Waals surface area contributed by atoms with Crippen LogP contribution in [-0.4, -0.2) is 27.7 Å². The van der Waals surface area contributed by atoms with E-state index in [2.05, 4.69) is 14.9 Å². The fourth-order valence-electron chi connectivity index (χ4n) is 3.32. The Hall–Kier alpha value is -1.16. The molecule has 1 saturated carbocycles. The maximum absolute atomic E-state index is 8.97. The van der Waals surface area contributed by atoms with Gasteiger partial charge >= 0.3 is 0 Å². The smallest absolute Gasteiger partial charge is 0.147 e. The largest absolute Gasteiger partial charge is 0.390 e. The fourth-order valence-corrected chi connectivity index (χ4v) is 3.32. The van der Waals surface area contributed by atoms with Crippen LogP contribution >= 0.6 is 0 Å². The number of rotatable bonds is 2. The average molecular weight is 233 g/mol. The first-order chi connectivity index (χ1) is 8.38. The Balaban J connectivity index is 1.81. The lowest BCUT2D eigenvalue weighted by Crippen LogP contribution is -2.43. The molecule has 2 unspecified atom stereocenters. The lowest BCUT2D eigenvalue weighted by Gasteiger charge is -2.38. The normalized spacial score (nSPS) is 28.2. The summed E-state index contributed by atoms with van der Waals surface area (Å²) < 4.78 is 0. The number of aliphatic hydroxyl groups is 1. The predicted molar refractivity (Wildman–Crippen MR) is 65.7 cm³/mol. The van der Waals surface area contributed by atoms with Crippen LogP contribution in [0.1, 0.15) is 37.8 Å². The van der Waals surface area contributed by atoms with Crippen LogP contribution in [0.2, 0.25) is 0 Å². The minimum Gasteiger partial charge on any atom is -0.390 e. The third-order valence-corrected chi connectivity index (χ3v) is 4.14. The van der Waals surface area contributed by atoms with Gasteiger partial charge in [0.25, 0.3) is 0 Å². The molecule has 0 spiro atoms. The van der Waals surface area contributed by atoms with E-state index in [-0.39, 0.29) is 6.61 Å². The Morgan fingerprint density at radius 2 is 2.06 bits per heavy atom. The van der Waals surface area contributed by atoms with E-state index in [0.717, 1.165) is 18.3 Å². The number of hydrogen-bond acceptors (Lipinski definition) is 4. The van der Waals surface area contributed by atoms with Crippen molar-refractivity contribution in [2.75, 3.05) is 11.4 Å². The topological polar surface area (TPSA) is 49.3 Å². The highest BCUT2D eigenvalue weighted by molar-refractivity contribution is 5.38. The van der Waals surface area contributed by atoms with Crippen molar-refractivity contribution in [2.45, 2.75) is 44.8 Å². The van der Waals surface area contributed by atoms with Crippen LogP contribution in [0.5, 0.6) is 0 Å². The van der Waals surface area contributed by atoms with Gasteiger partial charge in [0.1, 0.15) is 5.82 Å². The lowest BCUT2D eigenvalue weighted by atomic mass is 9.92. The van der Waals surface area contributed by atoms with Gasteiger partial charge in [-0.3, -0.25) is 4.98 Å². The molecule has 4 nitrogen and oxygen atoms in total. The summed E-state index contributed by atoms with van der Waals surface area (Å²) in [6, 6.07) is 0.679. The second kappa shape index (κ2) is 4.61. The molecule has 0 amide bonds. The number of piperidine rings is 1. The van der Waals surface area contributed by atoms with Crippen LogP contribution in [0.3, 0.4) is 0 Å². The van der Waals surface area contributed by atoms with Crippen molar-refractivity contribution < 1.29 is 5.11 Å². The van der Waals surface area contributed by atoms with E-state index in [1.165, 1.54) is 32.1 Å². The van der Waals surface area contributed by atoms with Crippen LogP contribution in [0.25, 0.3) is 0 Å². The third kappa shape index (κ3) is 2.02. The molecule has 2 atom stereocenters. The molecule has 1 aliphatic carbocycles. The van der Waals surface area contributed by atoms with Crippen LogP contribution < -0.4 is 4.90 Å².